The maximum absolute atomic E-state index is 12.8. The van der Waals surface area contributed by atoms with Crippen LogP contribution in [-0.4, -0.2) is 69.2 Å². The van der Waals surface area contributed by atoms with Crippen molar-refractivity contribution >= 4 is 21.9 Å². The second kappa shape index (κ2) is 9.54. The lowest BCUT2D eigenvalue weighted by molar-refractivity contribution is -0.151. The lowest BCUT2D eigenvalue weighted by atomic mass is 10.1. The van der Waals surface area contributed by atoms with E-state index < -0.39 is 27.6 Å². The topological polar surface area (TPSA) is 111 Å². The standard InChI is InChI=1S/C21H32N2O7S/c1-13-11-23(12-14(2)29-13)19(24)15(3)30-20(25)16-8-9-17(28-7)18(10-16)31(26,27)22-21(4,5)6/h8-10,13-15,22H,11-12H2,1-7H3. The number of methoxy groups -OCH3 is 1. The highest BCUT2D eigenvalue weighted by Gasteiger charge is 2.31. The molecule has 0 radical (unpaired) electrons. The highest BCUT2D eigenvalue weighted by molar-refractivity contribution is 7.89. The molecule has 1 heterocycles. The molecule has 1 aliphatic heterocycles. The minimum Gasteiger partial charge on any atom is -0.495 e. The third-order valence-electron chi connectivity index (χ3n) is 4.49. The quantitative estimate of drug-likeness (QED) is 0.651. The van der Waals surface area contributed by atoms with Crippen LogP contribution in [-0.2, 0) is 24.3 Å². The molecule has 0 aliphatic carbocycles. The van der Waals surface area contributed by atoms with Gasteiger partial charge in [0.2, 0.25) is 10.0 Å². The molecular formula is C21H32N2O7S. The van der Waals surface area contributed by atoms with Gasteiger partial charge in [0.1, 0.15) is 10.6 Å². The molecule has 174 valence electrons. The molecule has 0 aromatic heterocycles. The molecule has 0 saturated carbocycles. The maximum atomic E-state index is 12.8. The fourth-order valence-corrected chi connectivity index (χ4v) is 4.98. The van der Waals surface area contributed by atoms with E-state index in [0.29, 0.717) is 13.1 Å². The molecule has 9 nitrogen and oxygen atoms in total. The van der Waals surface area contributed by atoms with Crippen LogP contribution >= 0.6 is 0 Å². The number of ether oxygens (including phenoxy) is 3. The van der Waals surface area contributed by atoms with Gasteiger partial charge in [0, 0.05) is 18.6 Å². The number of hydrogen-bond acceptors (Lipinski definition) is 7. The van der Waals surface area contributed by atoms with E-state index in [-0.39, 0.29) is 34.3 Å². The van der Waals surface area contributed by atoms with E-state index >= 15 is 0 Å². The van der Waals surface area contributed by atoms with Crippen molar-refractivity contribution in [2.45, 2.75) is 70.3 Å². The highest BCUT2D eigenvalue weighted by Crippen LogP contribution is 2.26. The minimum absolute atomic E-state index is 0.00144. The van der Waals surface area contributed by atoms with Crippen LogP contribution in [0, 0.1) is 0 Å². The molecule has 1 N–H and O–H groups in total. The summed E-state index contributed by atoms with van der Waals surface area (Å²) in [5, 5.41) is 0. The molecule has 0 spiro atoms. The first-order valence-corrected chi connectivity index (χ1v) is 11.6. The van der Waals surface area contributed by atoms with Crippen molar-refractivity contribution in [2.24, 2.45) is 0 Å². The van der Waals surface area contributed by atoms with Crippen molar-refractivity contribution < 1.29 is 32.2 Å². The van der Waals surface area contributed by atoms with Gasteiger partial charge in [0.15, 0.2) is 6.10 Å². The summed E-state index contributed by atoms with van der Waals surface area (Å²) in [4.78, 5) is 26.8. The lowest BCUT2D eigenvalue weighted by Gasteiger charge is -2.36. The van der Waals surface area contributed by atoms with Crippen molar-refractivity contribution in [2.75, 3.05) is 20.2 Å². The predicted molar refractivity (Wildman–Crippen MR) is 115 cm³/mol. The van der Waals surface area contributed by atoms with Gasteiger partial charge in [-0.25, -0.2) is 17.9 Å². The summed E-state index contributed by atoms with van der Waals surface area (Å²) >= 11 is 0. The summed E-state index contributed by atoms with van der Waals surface area (Å²) in [6, 6.07) is 3.96. The van der Waals surface area contributed by atoms with Gasteiger partial charge in [-0.3, -0.25) is 4.79 Å². The Morgan fingerprint density at radius 2 is 1.77 bits per heavy atom. The van der Waals surface area contributed by atoms with Crippen LogP contribution in [0.25, 0.3) is 0 Å². The van der Waals surface area contributed by atoms with Crippen LogP contribution in [0.2, 0.25) is 0 Å². The molecule has 3 unspecified atom stereocenters. The average Bonchev–Trinajstić information content (AvgIpc) is 2.64. The summed E-state index contributed by atoms with van der Waals surface area (Å²) in [6.45, 7) is 11.2. The van der Waals surface area contributed by atoms with Gasteiger partial charge in [-0.05, 0) is 59.7 Å². The van der Waals surface area contributed by atoms with Crippen molar-refractivity contribution in [3.05, 3.63) is 23.8 Å². The maximum Gasteiger partial charge on any atom is 0.338 e. The lowest BCUT2D eigenvalue weighted by Crippen LogP contribution is -2.51. The first-order valence-electron chi connectivity index (χ1n) is 10.1. The molecule has 1 amide bonds. The van der Waals surface area contributed by atoms with Gasteiger partial charge >= 0.3 is 5.97 Å². The largest absolute Gasteiger partial charge is 0.495 e. The molecule has 3 atom stereocenters. The number of morpholine rings is 1. The summed E-state index contributed by atoms with van der Waals surface area (Å²) in [5.41, 5.74) is -0.730. The minimum atomic E-state index is -3.96. The Labute approximate surface area is 184 Å². The van der Waals surface area contributed by atoms with Gasteiger partial charge in [-0.15, -0.1) is 0 Å². The van der Waals surface area contributed by atoms with E-state index in [2.05, 4.69) is 4.72 Å². The van der Waals surface area contributed by atoms with Gasteiger partial charge in [0.25, 0.3) is 5.91 Å². The smallest absolute Gasteiger partial charge is 0.338 e. The number of nitrogens with zero attached hydrogens (tertiary/aromatic N) is 1. The van der Waals surface area contributed by atoms with Crippen LogP contribution in [0.15, 0.2) is 23.1 Å². The Morgan fingerprint density at radius 3 is 2.29 bits per heavy atom. The van der Waals surface area contributed by atoms with Crippen LogP contribution in [0.3, 0.4) is 0 Å². The third-order valence-corrected chi connectivity index (χ3v) is 6.27. The number of esters is 1. The van der Waals surface area contributed by atoms with E-state index in [4.69, 9.17) is 14.2 Å². The van der Waals surface area contributed by atoms with E-state index in [1.54, 1.807) is 25.7 Å². The van der Waals surface area contributed by atoms with Gasteiger partial charge < -0.3 is 19.1 Å². The number of sulfonamides is 1. The SMILES string of the molecule is COc1ccc(C(=O)OC(C)C(=O)N2CC(C)OC(C)C2)cc1S(=O)(=O)NC(C)(C)C. The van der Waals surface area contributed by atoms with Crippen LogP contribution < -0.4 is 9.46 Å². The zero-order valence-corrected chi connectivity index (χ0v) is 19.9. The average molecular weight is 457 g/mol. The second-order valence-electron chi connectivity index (χ2n) is 8.77. The van der Waals surface area contributed by atoms with Crippen molar-refractivity contribution in [3.63, 3.8) is 0 Å². The van der Waals surface area contributed by atoms with Gasteiger partial charge in [-0.1, -0.05) is 0 Å². The molecule has 1 aliphatic rings. The van der Waals surface area contributed by atoms with Crippen molar-refractivity contribution in [3.8, 4) is 5.75 Å². The molecule has 1 aromatic carbocycles. The number of amides is 1. The Kier molecular flexibility index (Phi) is 7.72. The summed E-state index contributed by atoms with van der Waals surface area (Å²) in [6.07, 6.45) is -1.25. The monoisotopic (exact) mass is 456 g/mol. The van der Waals surface area contributed by atoms with E-state index in [9.17, 15) is 18.0 Å². The number of hydrogen-bond donors (Lipinski definition) is 1. The number of benzene rings is 1. The van der Waals surface area contributed by atoms with Crippen molar-refractivity contribution in [1.82, 2.24) is 9.62 Å². The Balaban J connectivity index is 2.21. The van der Waals surface area contributed by atoms with Crippen LogP contribution in [0.5, 0.6) is 5.75 Å². The number of carbonyl (C=O) groups excluding carboxylic acids is 2. The molecule has 10 heteroatoms. The molecule has 0 bridgehead atoms. The number of rotatable bonds is 6. The van der Waals surface area contributed by atoms with Crippen molar-refractivity contribution in [1.29, 1.82) is 0 Å². The molecule has 1 fully saturated rings. The molecule has 31 heavy (non-hydrogen) atoms. The molecule has 1 saturated heterocycles. The molecule has 2 rings (SSSR count). The molecule has 1 aromatic rings. The fraction of sp³-hybridized carbons (Fsp3) is 0.619. The highest BCUT2D eigenvalue weighted by atomic mass is 32.2. The summed E-state index contributed by atoms with van der Waals surface area (Å²) in [7, 11) is -2.62. The van der Waals surface area contributed by atoms with Gasteiger partial charge in [0.05, 0.1) is 24.9 Å². The van der Waals surface area contributed by atoms with E-state index in [1.807, 2.05) is 13.8 Å². The first kappa shape index (κ1) is 25.1. The zero-order chi connectivity index (χ0) is 23.6. The number of carbonyl (C=O) groups is 2. The second-order valence-corrected chi connectivity index (χ2v) is 10.4. The Morgan fingerprint density at radius 1 is 1.19 bits per heavy atom. The van der Waals surface area contributed by atoms with Crippen LogP contribution in [0.1, 0.15) is 51.9 Å². The Hall–Kier alpha value is -2.17. The zero-order valence-electron chi connectivity index (χ0n) is 19.1. The van der Waals surface area contributed by atoms with Gasteiger partial charge in [-0.2, -0.15) is 0 Å². The molecular weight excluding hydrogens is 424 g/mol. The van der Waals surface area contributed by atoms with E-state index in [0.717, 1.165) is 0 Å². The summed E-state index contributed by atoms with van der Waals surface area (Å²) < 4.78 is 44.2. The summed E-state index contributed by atoms with van der Waals surface area (Å²) in [5.74, 6) is -1.04. The normalized spacial score (nSPS) is 20.8. The third kappa shape index (κ3) is 6.65. The van der Waals surface area contributed by atoms with E-state index in [1.165, 1.54) is 32.2 Å². The predicted octanol–water partition coefficient (Wildman–Crippen LogP) is 1.95. The number of nitrogens with one attached hydrogen (secondary N) is 1. The fourth-order valence-electron chi connectivity index (χ4n) is 3.37. The van der Waals surface area contributed by atoms with Crippen LogP contribution in [0.4, 0.5) is 0 Å². The first-order chi connectivity index (χ1) is 14.2. The Bertz CT molecular complexity index is 914.